The van der Waals surface area contributed by atoms with Crippen LogP contribution in [0.2, 0.25) is 0 Å². The highest BCUT2D eigenvalue weighted by Crippen LogP contribution is 2.28. The number of phenolic OH excluding ortho intramolecular Hbond substituents is 1. The standard InChI is InChI=1S/C20H29NO5/c1-6-15-12-16(8-9-17(15)23)21(14(5)22)20(13(3)4)18(24)10-11-19(25)26-7-2/h8-9,12-13,20,23H,6-7,10-11H2,1-5H3. The lowest BCUT2D eigenvalue weighted by atomic mass is 9.94. The van der Waals surface area contributed by atoms with Crippen LogP contribution >= 0.6 is 0 Å². The van der Waals surface area contributed by atoms with Gasteiger partial charge in [0.2, 0.25) is 5.91 Å². The van der Waals surface area contributed by atoms with Crippen molar-refractivity contribution >= 4 is 23.3 Å². The number of esters is 1. The largest absolute Gasteiger partial charge is 0.508 e. The number of benzene rings is 1. The van der Waals surface area contributed by atoms with Gasteiger partial charge in [-0.25, -0.2) is 0 Å². The number of carbonyl (C=O) groups is 3. The number of aromatic hydroxyl groups is 1. The van der Waals surface area contributed by atoms with E-state index in [1.807, 2.05) is 20.8 Å². The van der Waals surface area contributed by atoms with Crippen LogP contribution in [0.3, 0.4) is 0 Å². The van der Waals surface area contributed by atoms with Crippen molar-refractivity contribution in [1.29, 1.82) is 0 Å². The first kappa shape index (κ1) is 21.7. The highest BCUT2D eigenvalue weighted by Gasteiger charge is 2.32. The van der Waals surface area contributed by atoms with Crippen LogP contribution in [0.25, 0.3) is 0 Å². The molecule has 1 rings (SSSR count). The average Bonchev–Trinajstić information content (AvgIpc) is 2.57. The molecule has 6 heteroatoms. The summed E-state index contributed by atoms with van der Waals surface area (Å²) in [7, 11) is 0. The first-order valence-corrected chi connectivity index (χ1v) is 9.02. The van der Waals surface area contributed by atoms with E-state index in [1.54, 1.807) is 19.1 Å². The molecule has 0 fully saturated rings. The number of Topliss-reactive ketones (excluding diaryl/α,β-unsaturated/α-hetero) is 1. The second kappa shape index (κ2) is 9.94. The number of ether oxygens (including phenoxy) is 1. The molecule has 1 amide bonds. The monoisotopic (exact) mass is 363 g/mol. The van der Waals surface area contributed by atoms with E-state index < -0.39 is 12.0 Å². The predicted molar refractivity (Wildman–Crippen MR) is 100 cm³/mol. The average molecular weight is 363 g/mol. The molecular weight excluding hydrogens is 334 g/mol. The van der Waals surface area contributed by atoms with Crippen molar-refractivity contribution in [3.63, 3.8) is 0 Å². The summed E-state index contributed by atoms with van der Waals surface area (Å²) < 4.78 is 4.87. The Morgan fingerprint density at radius 3 is 2.31 bits per heavy atom. The summed E-state index contributed by atoms with van der Waals surface area (Å²) >= 11 is 0. The summed E-state index contributed by atoms with van der Waals surface area (Å²) in [5.41, 5.74) is 1.27. The molecule has 26 heavy (non-hydrogen) atoms. The van der Waals surface area contributed by atoms with E-state index in [-0.39, 0.29) is 42.8 Å². The van der Waals surface area contributed by atoms with Crippen LogP contribution in [-0.2, 0) is 25.5 Å². The molecule has 0 aliphatic carbocycles. The van der Waals surface area contributed by atoms with Crippen LogP contribution in [-0.4, -0.2) is 35.4 Å². The zero-order valence-electron chi connectivity index (χ0n) is 16.2. The molecule has 1 aromatic rings. The van der Waals surface area contributed by atoms with Crippen molar-refractivity contribution in [2.45, 2.75) is 59.9 Å². The number of ketones is 1. The fourth-order valence-corrected chi connectivity index (χ4v) is 2.96. The van der Waals surface area contributed by atoms with Gasteiger partial charge in [-0.15, -0.1) is 0 Å². The lowest BCUT2D eigenvalue weighted by Gasteiger charge is -2.33. The fraction of sp³-hybridized carbons (Fsp3) is 0.550. The Balaban J connectivity index is 3.14. The highest BCUT2D eigenvalue weighted by atomic mass is 16.5. The quantitative estimate of drug-likeness (QED) is 0.681. The smallest absolute Gasteiger partial charge is 0.306 e. The molecule has 0 aliphatic heterocycles. The minimum Gasteiger partial charge on any atom is -0.508 e. The lowest BCUT2D eigenvalue weighted by Crippen LogP contribution is -2.47. The number of rotatable bonds is 9. The second-order valence-corrected chi connectivity index (χ2v) is 6.52. The van der Waals surface area contributed by atoms with Crippen LogP contribution in [0.15, 0.2) is 18.2 Å². The topological polar surface area (TPSA) is 83.9 Å². The summed E-state index contributed by atoms with van der Waals surface area (Å²) in [5, 5.41) is 9.89. The van der Waals surface area contributed by atoms with Gasteiger partial charge in [-0.3, -0.25) is 14.4 Å². The van der Waals surface area contributed by atoms with E-state index in [0.29, 0.717) is 17.7 Å². The van der Waals surface area contributed by atoms with Crippen molar-refractivity contribution < 1.29 is 24.2 Å². The number of amides is 1. The third-order valence-corrected chi connectivity index (χ3v) is 4.18. The SMILES string of the molecule is CCOC(=O)CCC(=O)C(C(C)C)N(C(C)=O)c1ccc(O)c(CC)c1. The van der Waals surface area contributed by atoms with Crippen molar-refractivity contribution in [1.82, 2.24) is 0 Å². The van der Waals surface area contributed by atoms with Gasteiger partial charge in [0, 0.05) is 19.0 Å². The Morgan fingerprint density at radius 2 is 1.81 bits per heavy atom. The summed E-state index contributed by atoms with van der Waals surface area (Å²) in [6.07, 6.45) is 0.621. The summed E-state index contributed by atoms with van der Waals surface area (Å²) in [4.78, 5) is 38.1. The molecule has 0 saturated heterocycles. The molecule has 1 atom stereocenters. The van der Waals surface area contributed by atoms with E-state index in [1.165, 1.54) is 17.9 Å². The molecule has 1 unspecified atom stereocenters. The van der Waals surface area contributed by atoms with E-state index in [9.17, 15) is 19.5 Å². The van der Waals surface area contributed by atoms with Gasteiger partial charge in [-0.1, -0.05) is 20.8 Å². The van der Waals surface area contributed by atoms with Crippen molar-refractivity contribution in [2.75, 3.05) is 11.5 Å². The van der Waals surface area contributed by atoms with Gasteiger partial charge in [-0.05, 0) is 43.0 Å². The first-order valence-electron chi connectivity index (χ1n) is 9.02. The maximum atomic E-state index is 12.8. The predicted octanol–water partition coefficient (Wildman–Crippen LogP) is 3.24. The van der Waals surface area contributed by atoms with Gasteiger partial charge in [0.05, 0.1) is 19.1 Å². The van der Waals surface area contributed by atoms with Crippen LogP contribution in [0.1, 0.15) is 53.0 Å². The maximum absolute atomic E-state index is 12.8. The van der Waals surface area contributed by atoms with E-state index in [4.69, 9.17) is 4.74 Å². The minimum atomic E-state index is -0.684. The number of anilines is 1. The van der Waals surface area contributed by atoms with E-state index >= 15 is 0 Å². The van der Waals surface area contributed by atoms with Crippen molar-refractivity contribution in [3.05, 3.63) is 23.8 Å². The molecular formula is C20H29NO5. The zero-order chi connectivity index (χ0) is 19.9. The summed E-state index contributed by atoms with van der Waals surface area (Å²) in [5.74, 6) is -0.840. The Bertz CT molecular complexity index is 654. The Labute approximate surface area is 155 Å². The molecule has 6 nitrogen and oxygen atoms in total. The number of hydrogen-bond acceptors (Lipinski definition) is 5. The number of carbonyl (C=O) groups excluding carboxylic acids is 3. The molecule has 1 N–H and O–H groups in total. The Kier molecular flexibility index (Phi) is 8.29. The number of hydrogen-bond donors (Lipinski definition) is 1. The highest BCUT2D eigenvalue weighted by molar-refractivity contribution is 6.01. The summed E-state index contributed by atoms with van der Waals surface area (Å²) in [6, 6.07) is 4.20. The number of phenols is 1. The maximum Gasteiger partial charge on any atom is 0.306 e. The molecule has 0 aromatic heterocycles. The third-order valence-electron chi connectivity index (χ3n) is 4.18. The Hall–Kier alpha value is -2.37. The lowest BCUT2D eigenvalue weighted by molar-refractivity contribution is -0.144. The van der Waals surface area contributed by atoms with E-state index in [0.717, 1.165) is 0 Å². The van der Waals surface area contributed by atoms with E-state index in [2.05, 4.69) is 0 Å². The molecule has 0 bridgehead atoms. The molecule has 144 valence electrons. The molecule has 0 saturated carbocycles. The van der Waals surface area contributed by atoms with Gasteiger partial charge in [0.25, 0.3) is 0 Å². The number of aryl methyl sites for hydroxylation is 1. The molecule has 1 aromatic carbocycles. The van der Waals surface area contributed by atoms with Crippen LogP contribution in [0.5, 0.6) is 5.75 Å². The van der Waals surface area contributed by atoms with Gasteiger partial charge in [0.1, 0.15) is 5.75 Å². The van der Waals surface area contributed by atoms with Gasteiger partial charge in [-0.2, -0.15) is 0 Å². The van der Waals surface area contributed by atoms with Crippen LogP contribution in [0, 0.1) is 5.92 Å². The fourth-order valence-electron chi connectivity index (χ4n) is 2.96. The zero-order valence-corrected chi connectivity index (χ0v) is 16.2. The molecule has 0 aliphatic rings. The minimum absolute atomic E-state index is 0.00255. The second-order valence-electron chi connectivity index (χ2n) is 6.52. The van der Waals surface area contributed by atoms with Gasteiger partial charge in [0.15, 0.2) is 5.78 Å². The van der Waals surface area contributed by atoms with Crippen molar-refractivity contribution in [3.8, 4) is 5.75 Å². The summed E-state index contributed by atoms with van der Waals surface area (Å²) in [6.45, 7) is 9.03. The molecule has 0 heterocycles. The van der Waals surface area contributed by atoms with Gasteiger partial charge < -0.3 is 14.7 Å². The van der Waals surface area contributed by atoms with Gasteiger partial charge >= 0.3 is 5.97 Å². The van der Waals surface area contributed by atoms with Crippen LogP contribution in [0.4, 0.5) is 5.69 Å². The normalized spacial score (nSPS) is 11.9. The van der Waals surface area contributed by atoms with Crippen molar-refractivity contribution in [2.24, 2.45) is 5.92 Å². The first-order chi connectivity index (χ1) is 12.2. The molecule has 0 radical (unpaired) electrons. The van der Waals surface area contributed by atoms with Crippen LogP contribution < -0.4 is 4.90 Å². The third kappa shape index (κ3) is 5.58. The molecule has 0 spiro atoms. The number of nitrogens with zero attached hydrogens (tertiary/aromatic N) is 1. The Morgan fingerprint density at radius 1 is 1.15 bits per heavy atom.